The first kappa shape index (κ1) is 16.1. The Labute approximate surface area is 132 Å². The van der Waals surface area contributed by atoms with Gasteiger partial charge in [-0.2, -0.15) is 5.10 Å². The Balaban J connectivity index is 2.32. The fourth-order valence-electron chi connectivity index (χ4n) is 2.70. The third-order valence-electron chi connectivity index (χ3n) is 4.12. The highest BCUT2D eigenvalue weighted by atomic mass is 35.5. The van der Waals surface area contributed by atoms with Crippen LogP contribution >= 0.6 is 11.6 Å². The Bertz CT molecular complexity index is 631. The van der Waals surface area contributed by atoms with Crippen LogP contribution in [0.15, 0.2) is 18.2 Å². The molecule has 1 N–H and O–H groups in total. The number of nitrogens with zero attached hydrogens (tertiary/aromatic N) is 2. The van der Waals surface area contributed by atoms with E-state index in [9.17, 15) is 0 Å². The van der Waals surface area contributed by atoms with Crippen LogP contribution in [0.25, 0.3) is 0 Å². The number of aromatic nitrogens is 2. The van der Waals surface area contributed by atoms with Crippen molar-refractivity contribution < 1.29 is 0 Å². The molecule has 0 saturated carbocycles. The second-order valence-electron chi connectivity index (χ2n) is 5.60. The Kier molecular flexibility index (Phi) is 5.07. The highest BCUT2D eigenvalue weighted by Gasteiger charge is 2.17. The Morgan fingerprint density at radius 1 is 1.29 bits per heavy atom. The van der Waals surface area contributed by atoms with Gasteiger partial charge in [-0.3, -0.25) is 4.68 Å². The van der Waals surface area contributed by atoms with Gasteiger partial charge in [0.25, 0.3) is 0 Å². The predicted octanol–water partition coefficient (Wildman–Crippen LogP) is 3.89. The summed E-state index contributed by atoms with van der Waals surface area (Å²) in [5.41, 5.74) is 6.00. The van der Waals surface area contributed by atoms with E-state index in [4.69, 9.17) is 11.6 Å². The van der Waals surface area contributed by atoms with Crippen molar-refractivity contribution in [2.45, 2.75) is 40.2 Å². The summed E-state index contributed by atoms with van der Waals surface area (Å²) in [7, 11) is 2.00. The van der Waals surface area contributed by atoms with E-state index in [-0.39, 0.29) is 6.04 Å². The molecule has 0 aliphatic carbocycles. The van der Waals surface area contributed by atoms with Gasteiger partial charge in [0, 0.05) is 23.8 Å². The molecule has 4 heteroatoms. The highest BCUT2D eigenvalue weighted by molar-refractivity contribution is 6.31. The number of hydrogen-bond donors (Lipinski definition) is 1. The molecule has 1 heterocycles. The molecule has 2 aromatic rings. The van der Waals surface area contributed by atoms with Crippen molar-refractivity contribution in [3.05, 3.63) is 51.3 Å². The van der Waals surface area contributed by atoms with Crippen LogP contribution in [0.3, 0.4) is 0 Å². The molecule has 0 radical (unpaired) electrons. The Morgan fingerprint density at radius 3 is 2.52 bits per heavy atom. The lowest BCUT2D eigenvalue weighted by Crippen LogP contribution is -2.23. The molecule has 21 heavy (non-hydrogen) atoms. The van der Waals surface area contributed by atoms with Crippen LogP contribution in [0.1, 0.15) is 41.0 Å². The monoisotopic (exact) mass is 305 g/mol. The number of aryl methyl sites for hydroxylation is 3. The van der Waals surface area contributed by atoms with Crippen LogP contribution in [0.4, 0.5) is 0 Å². The van der Waals surface area contributed by atoms with Crippen LogP contribution in [0.2, 0.25) is 5.02 Å². The first-order valence-corrected chi connectivity index (χ1v) is 7.80. The molecule has 0 amide bonds. The summed E-state index contributed by atoms with van der Waals surface area (Å²) in [5.74, 6) is 0. The fraction of sp³-hybridized carbons (Fsp3) is 0.471. The number of likely N-dealkylation sites (N-methyl/N-ethyl adjacent to an activating group) is 1. The maximum absolute atomic E-state index is 6.28. The van der Waals surface area contributed by atoms with Crippen LogP contribution in [-0.2, 0) is 13.5 Å². The van der Waals surface area contributed by atoms with Crippen LogP contribution in [0, 0.1) is 20.8 Å². The van der Waals surface area contributed by atoms with E-state index in [2.05, 4.69) is 49.4 Å². The summed E-state index contributed by atoms with van der Waals surface area (Å²) in [6, 6.07) is 6.58. The summed E-state index contributed by atoms with van der Waals surface area (Å²) >= 11 is 6.28. The lowest BCUT2D eigenvalue weighted by atomic mass is 9.97. The molecular formula is C17H24ClN3. The Hall–Kier alpha value is -1.32. The molecule has 1 unspecified atom stereocenters. The topological polar surface area (TPSA) is 29.9 Å². The van der Waals surface area contributed by atoms with E-state index in [0.29, 0.717) is 0 Å². The van der Waals surface area contributed by atoms with Gasteiger partial charge in [0.1, 0.15) is 0 Å². The van der Waals surface area contributed by atoms with Gasteiger partial charge < -0.3 is 5.32 Å². The maximum atomic E-state index is 6.28. The summed E-state index contributed by atoms with van der Waals surface area (Å²) in [6.07, 6.45) is 0.929. The van der Waals surface area contributed by atoms with Gasteiger partial charge in [-0.15, -0.1) is 0 Å². The fourth-order valence-corrected chi connectivity index (χ4v) is 2.89. The van der Waals surface area contributed by atoms with E-state index in [1.807, 2.05) is 18.7 Å². The van der Waals surface area contributed by atoms with E-state index in [1.54, 1.807) is 0 Å². The lowest BCUT2D eigenvalue weighted by Gasteiger charge is -2.19. The molecule has 0 saturated heterocycles. The van der Waals surface area contributed by atoms with E-state index in [0.717, 1.165) is 29.2 Å². The summed E-state index contributed by atoms with van der Waals surface area (Å²) in [5, 5.41) is 8.90. The smallest absolute Gasteiger partial charge is 0.0629 e. The van der Waals surface area contributed by atoms with E-state index >= 15 is 0 Å². The van der Waals surface area contributed by atoms with Gasteiger partial charge in [-0.05, 0) is 56.5 Å². The zero-order valence-corrected chi connectivity index (χ0v) is 14.3. The first-order valence-electron chi connectivity index (χ1n) is 7.42. The molecule has 0 bridgehead atoms. The maximum Gasteiger partial charge on any atom is 0.0629 e. The molecule has 1 atom stereocenters. The third kappa shape index (κ3) is 3.47. The average molecular weight is 306 g/mol. The number of rotatable bonds is 5. The van der Waals surface area contributed by atoms with Crippen molar-refractivity contribution in [3.63, 3.8) is 0 Å². The molecule has 2 rings (SSSR count). The van der Waals surface area contributed by atoms with Crippen molar-refractivity contribution in [1.82, 2.24) is 15.1 Å². The number of benzene rings is 1. The highest BCUT2D eigenvalue weighted by Crippen LogP contribution is 2.26. The minimum atomic E-state index is 0.259. The minimum absolute atomic E-state index is 0.259. The van der Waals surface area contributed by atoms with E-state index < -0.39 is 0 Å². The molecule has 114 valence electrons. The zero-order chi connectivity index (χ0) is 15.6. The van der Waals surface area contributed by atoms with Crippen molar-refractivity contribution in [1.29, 1.82) is 0 Å². The summed E-state index contributed by atoms with van der Waals surface area (Å²) in [6.45, 7) is 9.29. The zero-order valence-electron chi connectivity index (χ0n) is 13.5. The standard InChI is InChI=1S/C17H24ClN3/c1-6-19-17(14-8-7-11(2)16(18)9-14)10-15-12(3)20-21(5)13(15)4/h7-9,17,19H,6,10H2,1-5H3. The molecule has 0 fully saturated rings. The third-order valence-corrected chi connectivity index (χ3v) is 4.52. The molecule has 1 aromatic heterocycles. The number of halogens is 1. The predicted molar refractivity (Wildman–Crippen MR) is 89.0 cm³/mol. The van der Waals surface area contributed by atoms with Gasteiger partial charge in [-0.1, -0.05) is 30.7 Å². The molecule has 0 aliphatic rings. The number of nitrogens with one attached hydrogen (secondary N) is 1. The van der Waals surface area contributed by atoms with Gasteiger partial charge in [-0.25, -0.2) is 0 Å². The van der Waals surface area contributed by atoms with Crippen LogP contribution in [0.5, 0.6) is 0 Å². The van der Waals surface area contributed by atoms with E-state index in [1.165, 1.54) is 16.8 Å². The Morgan fingerprint density at radius 2 is 2.00 bits per heavy atom. The summed E-state index contributed by atoms with van der Waals surface area (Å²) < 4.78 is 1.95. The second kappa shape index (κ2) is 6.63. The van der Waals surface area contributed by atoms with Gasteiger partial charge >= 0.3 is 0 Å². The lowest BCUT2D eigenvalue weighted by molar-refractivity contribution is 0.547. The van der Waals surface area contributed by atoms with Crippen LogP contribution in [-0.4, -0.2) is 16.3 Å². The SMILES string of the molecule is CCNC(Cc1c(C)nn(C)c1C)c1ccc(C)c(Cl)c1. The van der Waals surface area contributed by atoms with Gasteiger partial charge in [0.05, 0.1) is 5.69 Å². The number of hydrogen-bond acceptors (Lipinski definition) is 2. The quantitative estimate of drug-likeness (QED) is 0.908. The largest absolute Gasteiger partial charge is 0.310 e. The normalized spacial score (nSPS) is 12.7. The van der Waals surface area contributed by atoms with Crippen LogP contribution < -0.4 is 5.32 Å². The minimum Gasteiger partial charge on any atom is -0.310 e. The second-order valence-corrected chi connectivity index (χ2v) is 6.00. The molecule has 0 spiro atoms. The van der Waals surface area contributed by atoms with Gasteiger partial charge in [0.15, 0.2) is 0 Å². The van der Waals surface area contributed by atoms with Crippen molar-refractivity contribution in [3.8, 4) is 0 Å². The molecule has 0 aliphatic heterocycles. The molecular weight excluding hydrogens is 282 g/mol. The van der Waals surface area contributed by atoms with Crippen molar-refractivity contribution in [2.75, 3.05) is 6.54 Å². The molecule has 1 aromatic carbocycles. The van der Waals surface area contributed by atoms with Crippen molar-refractivity contribution >= 4 is 11.6 Å². The first-order chi connectivity index (χ1) is 9.93. The van der Waals surface area contributed by atoms with Crippen molar-refractivity contribution in [2.24, 2.45) is 7.05 Å². The molecule has 3 nitrogen and oxygen atoms in total. The average Bonchev–Trinajstić information content (AvgIpc) is 2.68. The summed E-state index contributed by atoms with van der Waals surface area (Å²) in [4.78, 5) is 0. The van der Waals surface area contributed by atoms with Gasteiger partial charge in [0.2, 0.25) is 0 Å².